The first-order valence-electron chi connectivity index (χ1n) is 14.9. The van der Waals surface area contributed by atoms with Gasteiger partial charge in [0, 0.05) is 39.3 Å². The van der Waals surface area contributed by atoms with E-state index in [0.29, 0.717) is 11.1 Å². The number of carboxylic acids is 1. The lowest BCUT2D eigenvalue weighted by Gasteiger charge is -2.28. The van der Waals surface area contributed by atoms with Crippen LogP contribution in [0.3, 0.4) is 0 Å². The summed E-state index contributed by atoms with van der Waals surface area (Å²) in [4.78, 5) is 32.4. The molecule has 242 valence electrons. The zero-order valence-electron chi connectivity index (χ0n) is 25.0. The van der Waals surface area contributed by atoms with Crippen LogP contribution in [-0.2, 0) is 35.7 Å². The molecule has 1 amide bonds. The molecular formula is C32H40N4O8S. The summed E-state index contributed by atoms with van der Waals surface area (Å²) in [5, 5.41) is 15.9. The van der Waals surface area contributed by atoms with Crippen LogP contribution >= 0.6 is 0 Å². The van der Waals surface area contributed by atoms with Crippen molar-refractivity contribution < 1.29 is 37.4 Å². The highest BCUT2D eigenvalue weighted by Crippen LogP contribution is 2.25. The molecule has 0 radical (unpaired) electrons. The van der Waals surface area contributed by atoms with Crippen LogP contribution in [0.2, 0.25) is 0 Å². The number of ether oxygens (including phenoxy) is 2. The third-order valence-electron chi connectivity index (χ3n) is 7.14. The van der Waals surface area contributed by atoms with Gasteiger partial charge in [0.25, 0.3) is 10.0 Å². The van der Waals surface area contributed by atoms with Crippen LogP contribution in [-0.4, -0.2) is 100 Å². The van der Waals surface area contributed by atoms with Crippen LogP contribution in [0.15, 0.2) is 89.8 Å². The summed E-state index contributed by atoms with van der Waals surface area (Å²) in [6.07, 6.45) is -1.03. The third-order valence-corrected chi connectivity index (χ3v) is 8.84. The molecule has 1 heterocycles. The summed E-state index contributed by atoms with van der Waals surface area (Å²) in [5.41, 5.74) is 2.49. The first-order valence-corrected chi connectivity index (χ1v) is 16.3. The molecule has 4 rings (SSSR count). The Morgan fingerprint density at radius 1 is 0.889 bits per heavy atom. The van der Waals surface area contributed by atoms with E-state index in [1.807, 2.05) is 48.5 Å². The summed E-state index contributed by atoms with van der Waals surface area (Å²) in [6.45, 7) is 4.54. The van der Waals surface area contributed by atoms with Crippen molar-refractivity contribution in [3.63, 3.8) is 0 Å². The van der Waals surface area contributed by atoms with Crippen LogP contribution in [0.4, 0.5) is 4.79 Å². The highest BCUT2D eigenvalue weighted by atomic mass is 32.2. The Balaban J connectivity index is 1.40. The molecule has 13 heteroatoms. The smallest absolute Gasteiger partial charge is 0.407 e. The van der Waals surface area contributed by atoms with Gasteiger partial charge < -0.3 is 25.2 Å². The van der Waals surface area contributed by atoms with Crippen LogP contribution in [0.1, 0.15) is 12.0 Å². The minimum atomic E-state index is -4.44. The average molecular weight is 641 g/mol. The molecule has 3 aromatic rings. The molecule has 12 nitrogen and oxygen atoms in total. The van der Waals surface area contributed by atoms with Crippen LogP contribution in [0.25, 0.3) is 11.1 Å². The molecule has 1 unspecified atom stereocenters. The van der Waals surface area contributed by atoms with Crippen LogP contribution < -0.4 is 10.6 Å². The van der Waals surface area contributed by atoms with Crippen molar-refractivity contribution in [3.8, 4) is 11.1 Å². The molecule has 0 bridgehead atoms. The number of alkyl carbamates (subject to hydrolysis) is 1. The number of carbonyl (C=O) groups excluding carboxylic acids is 1. The lowest BCUT2D eigenvalue weighted by Crippen LogP contribution is -2.47. The number of aliphatic carboxylic acids is 1. The Morgan fingerprint density at radius 3 is 2.20 bits per heavy atom. The van der Waals surface area contributed by atoms with E-state index in [0.717, 1.165) is 49.4 Å². The maximum absolute atomic E-state index is 13.8. The van der Waals surface area contributed by atoms with Crippen molar-refractivity contribution in [2.24, 2.45) is 0 Å². The number of amides is 1. The zero-order valence-corrected chi connectivity index (χ0v) is 25.9. The summed E-state index contributed by atoms with van der Waals surface area (Å²) in [6, 6.07) is 23.0. The standard InChI is InChI=1S/C32H40N4O8S/c37-31(38)30(15-16-34-32(39)43-25-26-7-3-1-4-8-26)36(44-24-23-42-22-21-35-19-17-33-18-20-35)45(40,41)29-13-11-28(12-14-29)27-9-5-2-6-10-27/h1-14,30,33H,15-25H2,(H,34,39)(H,37,38). The molecule has 1 aliphatic rings. The maximum atomic E-state index is 13.8. The van der Waals surface area contributed by atoms with Crippen LogP contribution in [0, 0.1) is 0 Å². The van der Waals surface area contributed by atoms with E-state index in [1.54, 1.807) is 24.3 Å². The van der Waals surface area contributed by atoms with E-state index in [1.165, 1.54) is 12.1 Å². The Hall–Kier alpha value is -3.85. The predicted molar refractivity (Wildman–Crippen MR) is 168 cm³/mol. The summed E-state index contributed by atoms with van der Waals surface area (Å²) < 4.78 is 38.9. The number of sulfonamides is 1. The van der Waals surface area contributed by atoms with E-state index < -0.39 is 28.1 Å². The van der Waals surface area contributed by atoms with Gasteiger partial charge in [-0.25, -0.2) is 13.2 Å². The SMILES string of the molecule is O=C(NCCC(C(=O)O)N(OCCOCCN1CCNCC1)S(=O)(=O)c1ccc(-c2ccccc2)cc1)OCc1ccccc1. The number of carboxylic acid groups (broad SMARTS) is 1. The number of benzene rings is 3. The summed E-state index contributed by atoms with van der Waals surface area (Å²) in [5.74, 6) is -1.43. The number of rotatable bonds is 17. The number of carbonyl (C=O) groups is 2. The van der Waals surface area contributed by atoms with Gasteiger partial charge in [-0.05, 0) is 35.2 Å². The summed E-state index contributed by atoms with van der Waals surface area (Å²) in [7, 11) is -4.44. The lowest BCUT2D eigenvalue weighted by molar-refractivity contribution is -0.166. The number of nitrogens with zero attached hydrogens (tertiary/aromatic N) is 2. The van der Waals surface area contributed by atoms with Gasteiger partial charge in [0.05, 0.1) is 24.7 Å². The lowest BCUT2D eigenvalue weighted by atomic mass is 10.1. The second kappa shape index (κ2) is 17.6. The monoisotopic (exact) mass is 640 g/mol. The van der Waals surface area contributed by atoms with Gasteiger partial charge in [0.1, 0.15) is 6.61 Å². The zero-order chi connectivity index (χ0) is 31.9. The normalized spacial score (nSPS) is 14.6. The largest absolute Gasteiger partial charge is 0.480 e. The second-order valence-electron chi connectivity index (χ2n) is 10.3. The number of hydrogen-bond acceptors (Lipinski definition) is 9. The molecule has 0 saturated carbocycles. The average Bonchev–Trinajstić information content (AvgIpc) is 3.07. The number of hydroxylamine groups is 1. The fourth-order valence-corrected chi connectivity index (χ4v) is 6.13. The highest BCUT2D eigenvalue weighted by molar-refractivity contribution is 7.89. The molecule has 1 aliphatic heterocycles. The van der Waals surface area contributed by atoms with Crippen LogP contribution in [0.5, 0.6) is 0 Å². The topological polar surface area (TPSA) is 147 Å². The molecule has 3 N–H and O–H groups in total. The molecule has 0 aliphatic carbocycles. The number of hydrogen-bond donors (Lipinski definition) is 3. The first kappa shape index (κ1) is 34.0. The molecule has 1 atom stereocenters. The fourth-order valence-electron chi connectivity index (χ4n) is 4.70. The van der Waals surface area contributed by atoms with E-state index in [2.05, 4.69) is 15.5 Å². The second-order valence-corrected chi connectivity index (χ2v) is 12.1. The highest BCUT2D eigenvalue weighted by Gasteiger charge is 2.37. The van der Waals surface area contributed by atoms with E-state index in [-0.39, 0.29) is 37.7 Å². The third kappa shape index (κ3) is 10.6. The minimum absolute atomic E-state index is 0.0340. The Kier molecular flexibility index (Phi) is 13.3. The van der Waals surface area contributed by atoms with Crippen molar-refractivity contribution in [2.45, 2.75) is 24.0 Å². The Labute approximate surface area is 263 Å². The van der Waals surface area contributed by atoms with Gasteiger partial charge in [0.2, 0.25) is 0 Å². The molecular weight excluding hydrogens is 600 g/mol. The summed E-state index contributed by atoms with van der Waals surface area (Å²) >= 11 is 0. The first-order chi connectivity index (χ1) is 21.8. The number of nitrogens with one attached hydrogen (secondary N) is 2. The quantitative estimate of drug-likeness (QED) is 0.149. The molecule has 1 saturated heterocycles. The van der Waals surface area contributed by atoms with E-state index in [9.17, 15) is 23.1 Å². The molecule has 0 spiro atoms. The molecule has 3 aromatic carbocycles. The van der Waals surface area contributed by atoms with Crippen molar-refractivity contribution in [3.05, 3.63) is 90.5 Å². The van der Waals surface area contributed by atoms with Crippen molar-refractivity contribution in [1.82, 2.24) is 20.0 Å². The molecule has 45 heavy (non-hydrogen) atoms. The van der Waals surface area contributed by atoms with Gasteiger partial charge in [-0.2, -0.15) is 0 Å². The predicted octanol–water partition coefficient (Wildman–Crippen LogP) is 2.97. The molecule has 1 fully saturated rings. The molecule has 0 aromatic heterocycles. The van der Waals surface area contributed by atoms with Gasteiger partial charge in [-0.3, -0.25) is 14.5 Å². The van der Waals surface area contributed by atoms with Gasteiger partial charge in [-0.1, -0.05) is 77.3 Å². The number of piperazine rings is 1. The maximum Gasteiger partial charge on any atom is 0.407 e. The minimum Gasteiger partial charge on any atom is -0.480 e. The van der Waals surface area contributed by atoms with Crippen molar-refractivity contribution >= 4 is 22.1 Å². The van der Waals surface area contributed by atoms with Crippen molar-refractivity contribution in [1.29, 1.82) is 0 Å². The van der Waals surface area contributed by atoms with Gasteiger partial charge in [-0.15, -0.1) is 0 Å². The van der Waals surface area contributed by atoms with Gasteiger partial charge >= 0.3 is 12.1 Å². The fraction of sp³-hybridized carbons (Fsp3) is 0.375. The van der Waals surface area contributed by atoms with E-state index >= 15 is 0 Å². The van der Waals surface area contributed by atoms with Gasteiger partial charge in [0.15, 0.2) is 6.04 Å². The Morgan fingerprint density at radius 2 is 1.53 bits per heavy atom. The van der Waals surface area contributed by atoms with E-state index in [4.69, 9.17) is 14.3 Å². The Bertz CT molecular complexity index is 1440. The van der Waals surface area contributed by atoms with Crippen molar-refractivity contribution in [2.75, 3.05) is 59.1 Å².